The lowest BCUT2D eigenvalue weighted by molar-refractivity contribution is -0.136. The van der Waals surface area contributed by atoms with Crippen molar-refractivity contribution in [1.29, 1.82) is 0 Å². The maximum atomic E-state index is 11.1. The van der Waals surface area contributed by atoms with Crippen LogP contribution in [0.4, 0.5) is 0 Å². The third-order valence-corrected chi connectivity index (χ3v) is 3.47. The van der Waals surface area contributed by atoms with Crippen LogP contribution < -0.4 is 5.32 Å². The van der Waals surface area contributed by atoms with E-state index in [1.807, 2.05) is 0 Å². The van der Waals surface area contributed by atoms with E-state index in [0.717, 1.165) is 11.8 Å². The van der Waals surface area contributed by atoms with Gasteiger partial charge in [-0.05, 0) is 6.42 Å². The Kier molecular flexibility index (Phi) is 3.51. The summed E-state index contributed by atoms with van der Waals surface area (Å²) < 4.78 is 0. The van der Waals surface area contributed by atoms with Crippen LogP contribution in [0.3, 0.4) is 0 Å². The quantitative estimate of drug-likeness (QED) is 0.647. The molecule has 2 N–H and O–H groups in total. The lowest BCUT2D eigenvalue weighted by Crippen LogP contribution is -2.26. The van der Waals surface area contributed by atoms with Gasteiger partial charge in [-0.25, -0.2) is 0 Å². The third-order valence-electron chi connectivity index (χ3n) is 1.90. The van der Waals surface area contributed by atoms with E-state index in [-0.39, 0.29) is 18.2 Å². The molecule has 1 aliphatic rings. The van der Waals surface area contributed by atoms with Crippen molar-refractivity contribution >= 4 is 29.5 Å². The molecule has 0 saturated carbocycles. The van der Waals surface area contributed by atoms with Gasteiger partial charge in [-0.15, -0.1) is 11.8 Å². The van der Waals surface area contributed by atoms with Gasteiger partial charge in [-0.2, -0.15) is 0 Å². The van der Waals surface area contributed by atoms with Gasteiger partial charge in [0.25, 0.3) is 0 Å². The molecule has 0 aromatic rings. The average Bonchev–Trinajstić information content (AvgIpc) is 2.40. The number of carboxylic acid groups (broad SMARTS) is 1. The van der Waals surface area contributed by atoms with E-state index in [2.05, 4.69) is 5.32 Å². The molecule has 0 radical (unpaired) electrons. The second kappa shape index (κ2) is 4.45. The van der Waals surface area contributed by atoms with Crippen LogP contribution in [-0.2, 0) is 14.4 Å². The van der Waals surface area contributed by atoms with E-state index < -0.39 is 16.5 Å². The summed E-state index contributed by atoms with van der Waals surface area (Å²) in [4.78, 5) is 32.6. The molecule has 0 aromatic heterocycles. The van der Waals surface area contributed by atoms with Gasteiger partial charge in [0.2, 0.25) is 11.8 Å². The van der Waals surface area contributed by atoms with E-state index in [4.69, 9.17) is 5.11 Å². The molecule has 1 saturated heterocycles. The summed E-state index contributed by atoms with van der Waals surface area (Å²) in [6, 6.07) is 0. The highest BCUT2D eigenvalue weighted by atomic mass is 32.2. The zero-order valence-corrected chi connectivity index (χ0v) is 8.47. The largest absolute Gasteiger partial charge is 0.480 e. The van der Waals surface area contributed by atoms with Crippen molar-refractivity contribution in [2.45, 2.75) is 30.3 Å². The molecule has 1 fully saturated rings. The predicted octanol–water partition coefficient (Wildman–Crippen LogP) is -0.00210. The van der Waals surface area contributed by atoms with E-state index in [1.165, 1.54) is 0 Å². The van der Waals surface area contributed by atoms with Crippen LogP contribution in [0.2, 0.25) is 0 Å². The second-order valence-electron chi connectivity index (χ2n) is 2.98. The molecule has 0 spiro atoms. The number of rotatable bonds is 4. The summed E-state index contributed by atoms with van der Waals surface area (Å²) >= 11 is 1.04. The Balaban J connectivity index is 2.55. The lowest BCUT2D eigenvalue weighted by atomic mass is 10.3. The molecular weight excluding hydrogens is 206 g/mol. The molecule has 6 heteroatoms. The molecular formula is C8H11NO4S. The molecule has 0 bridgehead atoms. The van der Waals surface area contributed by atoms with Crippen LogP contribution in [0.5, 0.6) is 0 Å². The normalized spacial score (nSPS) is 23.4. The summed E-state index contributed by atoms with van der Waals surface area (Å²) in [7, 11) is 0. The molecule has 1 heterocycles. The van der Waals surface area contributed by atoms with Crippen LogP contribution in [0.1, 0.15) is 19.8 Å². The van der Waals surface area contributed by atoms with E-state index >= 15 is 0 Å². The number of hydrogen-bond donors (Lipinski definition) is 2. The Morgan fingerprint density at radius 1 is 1.71 bits per heavy atom. The van der Waals surface area contributed by atoms with Crippen molar-refractivity contribution in [1.82, 2.24) is 5.32 Å². The summed E-state index contributed by atoms with van der Waals surface area (Å²) in [5, 5.41) is 9.74. The van der Waals surface area contributed by atoms with Gasteiger partial charge in [0.15, 0.2) is 0 Å². The van der Waals surface area contributed by atoms with Crippen LogP contribution in [0.15, 0.2) is 0 Å². The zero-order valence-electron chi connectivity index (χ0n) is 7.65. The summed E-state index contributed by atoms with van der Waals surface area (Å²) in [5.74, 6) is -1.64. The number of aliphatic carboxylic acids is 1. The second-order valence-corrected chi connectivity index (χ2v) is 4.39. The number of thioether (sulfide) groups is 1. The Labute approximate surface area is 85.2 Å². The van der Waals surface area contributed by atoms with Gasteiger partial charge in [0.05, 0.1) is 5.25 Å². The number of nitrogens with one attached hydrogen (secondary N) is 1. The standard InChI is InChI=1S/C8H11NO4S/c1-2-4(8(12)13)14-5-3-6(10)9-7(5)11/h4-5H,2-3H2,1H3,(H,12,13)(H,9,10,11). The third kappa shape index (κ3) is 2.47. The number of carboxylic acids is 1. The van der Waals surface area contributed by atoms with Crippen LogP contribution >= 0.6 is 11.8 Å². The Hall–Kier alpha value is -1.04. The Morgan fingerprint density at radius 2 is 2.36 bits per heavy atom. The van der Waals surface area contributed by atoms with Gasteiger partial charge >= 0.3 is 5.97 Å². The fourth-order valence-corrected chi connectivity index (χ4v) is 2.30. The molecule has 2 atom stereocenters. The van der Waals surface area contributed by atoms with Crippen molar-refractivity contribution in [2.24, 2.45) is 0 Å². The first kappa shape index (κ1) is 11.0. The van der Waals surface area contributed by atoms with Crippen molar-refractivity contribution < 1.29 is 19.5 Å². The molecule has 5 nitrogen and oxygen atoms in total. The summed E-state index contributed by atoms with van der Waals surface area (Å²) in [5.41, 5.74) is 0. The predicted molar refractivity (Wildman–Crippen MR) is 50.9 cm³/mol. The van der Waals surface area contributed by atoms with Crippen molar-refractivity contribution in [2.75, 3.05) is 0 Å². The van der Waals surface area contributed by atoms with Crippen LogP contribution in [0.25, 0.3) is 0 Å². The topological polar surface area (TPSA) is 83.5 Å². The first-order valence-electron chi connectivity index (χ1n) is 4.26. The van der Waals surface area contributed by atoms with Gasteiger partial charge in [0.1, 0.15) is 5.25 Å². The molecule has 0 aliphatic carbocycles. The molecule has 2 unspecified atom stereocenters. The molecule has 14 heavy (non-hydrogen) atoms. The van der Waals surface area contributed by atoms with Crippen molar-refractivity contribution in [3.8, 4) is 0 Å². The first-order chi connectivity index (χ1) is 6.54. The molecule has 1 rings (SSSR count). The molecule has 2 amide bonds. The maximum absolute atomic E-state index is 11.1. The summed E-state index contributed by atoms with van der Waals surface area (Å²) in [6.45, 7) is 1.74. The van der Waals surface area contributed by atoms with E-state index in [0.29, 0.717) is 6.42 Å². The smallest absolute Gasteiger partial charge is 0.316 e. The number of hydrogen-bond acceptors (Lipinski definition) is 4. The van der Waals surface area contributed by atoms with Gasteiger partial charge in [0, 0.05) is 6.42 Å². The fourth-order valence-electron chi connectivity index (χ4n) is 1.17. The highest BCUT2D eigenvalue weighted by Gasteiger charge is 2.34. The van der Waals surface area contributed by atoms with Crippen molar-refractivity contribution in [3.63, 3.8) is 0 Å². The molecule has 78 valence electrons. The number of carbonyl (C=O) groups excluding carboxylic acids is 2. The minimum absolute atomic E-state index is 0.0906. The average molecular weight is 217 g/mol. The zero-order chi connectivity index (χ0) is 10.7. The van der Waals surface area contributed by atoms with Gasteiger partial charge in [-0.1, -0.05) is 6.92 Å². The van der Waals surface area contributed by atoms with E-state index in [1.54, 1.807) is 6.92 Å². The highest BCUT2D eigenvalue weighted by molar-refractivity contribution is 8.01. The van der Waals surface area contributed by atoms with E-state index in [9.17, 15) is 14.4 Å². The maximum Gasteiger partial charge on any atom is 0.316 e. The SMILES string of the molecule is CCC(SC1CC(=O)NC1=O)C(=O)O. The van der Waals surface area contributed by atoms with Crippen LogP contribution in [-0.4, -0.2) is 33.4 Å². The minimum atomic E-state index is -0.940. The Bertz CT molecular complexity index is 279. The molecule has 1 aliphatic heterocycles. The first-order valence-corrected chi connectivity index (χ1v) is 5.20. The van der Waals surface area contributed by atoms with Gasteiger partial charge < -0.3 is 5.11 Å². The highest BCUT2D eigenvalue weighted by Crippen LogP contribution is 2.26. The monoisotopic (exact) mass is 217 g/mol. The van der Waals surface area contributed by atoms with Gasteiger partial charge in [-0.3, -0.25) is 19.7 Å². The summed E-state index contributed by atoms with van der Waals surface area (Å²) in [6.07, 6.45) is 0.533. The van der Waals surface area contributed by atoms with Crippen LogP contribution in [0, 0.1) is 0 Å². The van der Waals surface area contributed by atoms with Crippen molar-refractivity contribution in [3.05, 3.63) is 0 Å². The Morgan fingerprint density at radius 3 is 2.71 bits per heavy atom. The fraction of sp³-hybridized carbons (Fsp3) is 0.625. The lowest BCUT2D eigenvalue weighted by Gasteiger charge is -2.11. The molecule has 0 aromatic carbocycles. The number of amides is 2. The number of imide groups is 1. The number of carbonyl (C=O) groups is 3. The minimum Gasteiger partial charge on any atom is -0.480 e.